The Morgan fingerprint density at radius 2 is 1.73 bits per heavy atom. The highest BCUT2D eigenvalue weighted by atomic mass is 16.1. The molecule has 0 fully saturated rings. The first-order chi connectivity index (χ1) is 6.81. The molecule has 0 rings (SSSR count). The van der Waals surface area contributed by atoms with Crippen molar-refractivity contribution in [3.63, 3.8) is 0 Å². The van der Waals surface area contributed by atoms with Gasteiger partial charge in [-0.25, -0.2) is 0 Å². The minimum atomic E-state index is -0.130. The molecule has 88 valence electrons. The second-order valence-electron chi connectivity index (χ2n) is 5.01. The zero-order valence-electron chi connectivity index (χ0n) is 10.4. The van der Waals surface area contributed by atoms with Crippen molar-refractivity contribution in [2.24, 2.45) is 0 Å². The van der Waals surface area contributed by atoms with Crippen molar-refractivity contribution in [3.8, 4) is 0 Å². The number of hydrogen-bond acceptors (Lipinski definition) is 2. The minimum Gasteiger partial charge on any atom is -0.351 e. The first-order valence-corrected chi connectivity index (χ1v) is 5.47. The number of amides is 1. The third-order valence-electron chi connectivity index (χ3n) is 1.77. The van der Waals surface area contributed by atoms with E-state index in [2.05, 4.69) is 17.2 Å². The Morgan fingerprint density at radius 3 is 2.20 bits per heavy atom. The normalized spacial score (nSPS) is 11.2. The van der Waals surface area contributed by atoms with Crippen molar-refractivity contribution in [1.82, 2.24) is 10.6 Å². The molecule has 0 aromatic rings. The van der Waals surface area contributed by atoms with Crippen molar-refractivity contribution in [2.75, 3.05) is 13.1 Å². The van der Waals surface area contributed by atoms with E-state index in [9.17, 15) is 4.79 Å². The van der Waals surface area contributed by atoms with Gasteiger partial charge in [-0.05, 0) is 40.7 Å². The number of hydrogen-bond donors (Lipinski definition) is 2. The molecule has 3 heteroatoms. The van der Waals surface area contributed by atoms with Gasteiger partial charge < -0.3 is 10.6 Å². The van der Waals surface area contributed by atoms with E-state index in [0.29, 0.717) is 6.42 Å². The maximum atomic E-state index is 11.4. The number of rotatable bonds is 6. The van der Waals surface area contributed by atoms with Gasteiger partial charge in [-0.1, -0.05) is 5.57 Å². The molecule has 0 atom stereocenters. The molecule has 0 bridgehead atoms. The van der Waals surface area contributed by atoms with Crippen molar-refractivity contribution in [2.45, 2.75) is 46.1 Å². The van der Waals surface area contributed by atoms with Crippen LogP contribution in [0.5, 0.6) is 0 Å². The molecule has 0 spiro atoms. The summed E-state index contributed by atoms with van der Waals surface area (Å²) in [5, 5.41) is 6.13. The van der Waals surface area contributed by atoms with Crippen molar-refractivity contribution in [1.29, 1.82) is 0 Å². The lowest BCUT2D eigenvalue weighted by atomic mass is 10.1. The molecule has 1 amide bonds. The van der Waals surface area contributed by atoms with Crippen LogP contribution in [0.3, 0.4) is 0 Å². The summed E-state index contributed by atoms with van der Waals surface area (Å²) in [7, 11) is 0. The van der Waals surface area contributed by atoms with Crippen LogP contribution in [-0.2, 0) is 4.79 Å². The van der Waals surface area contributed by atoms with Gasteiger partial charge in [-0.2, -0.15) is 0 Å². The molecule has 2 N–H and O–H groups in total. The Labute approximate surface area is 93.3 Å². The standard InChI is InChI=1S/C12H24N2O/c1-10(2)6-8-13-9-7-11(15)14-12(3,4)5/h13H,1,6-9H2,2-5H3,(H,14,15). The molecule has 0 aliphatic rings. The highest BCUT2D eigenvalue weighted by Gasteiger charge is 2.12. The maximum absolute atomic E-state index is 11.4. The Hall–Kier alpha value is -0.830. The summed E-state index contributed by atoms with van der Waals surface area (Å²) in [6, 6.07) is 0. The summed E-state index contributed by atoms with van der Waals surface area (Å²) >= 11 is 0. The molecule has 0 saturated heterocycles. The van der Waals surface area contributed by atoms with Crippen LogP contribution in [0.25, 0.3) is 0 Å². The average molecular weight is 212 g/mol. The predicted molar refractivity (Wildman–Crippen MR) is 64.8 cm³/mol. The second kappa shape index (κ2) is 6.62. The number of nitrogens with one attached hydrogen (secondary N) is 2. The molecule has 0 aliphatic heterocycles. The fourth-order valence-electron chi connectivity index (χ4n) is 1.11. The van der Waals surface area contributed by atoms with Crippen LogP contribution < -0.4 is 10.6 Å². The molecule has 0 saturated carbocycles. The van der Waals surface area contributed by atoms with Gasteiger partial charge in [0.1, 0.15) is 0 Å². The van der Waals surface area contributed by atoms with Gasteiger partial charge in [0.05, 0.1) is 0 Å². The predicted octanol–water partition coefficient (Wildman–Crippen LogP) is 1.85. The molecule has 0 unspecified atom stereocenters. The van der Waals surface area contributed by atoms with E-state index >= 15 is 0 Å². The molecule has 0 radical (unpaired) electrons. The first-order valence-electron chi connectivity index (χ1n) is 5.47. The second-order valence-corrected chi connectivity index (χ2v) is 5.01. The lowest BCUT2D eigenvalue weighted by molar-refractivity contribution is -0.122. The lowest BCUT2D eigenvalue weighted by Gasteiger charge is -2.20. The summed E-state index contributed by atoms with van der Waals surface area (Å²) < 4.78 is 0. The largest absolute Gasteiger partial charge is 0.351 e. The smallest absolute Gasteiger partial charge is 0.221 e. The molecule has 0 aromatic carbocycles. The van der Waals surface area contributed by atoms with E-state index in [1.165, 1.54) is 5.57 Å². The van der Waals surface area contributed by atoms with E-state index < -0.39 is 0 Å². The molecular formula is C12H24N2O. The fourth-order valence-corrected chi connectivity index (χ4v) is 1.11. The number of carbonyl (C=O) groups is 1. The van der Waals surface area contributed by atoms with E-state index in [4.69, 9.17) is 0 Å². The minimum absolute atomic E-state index is 0.102. The summed E-state index contributed by atoms with van der Waals surface area (Å²) in [6.07, 6.45) is 1.51. The molecule has 0 aromatic heterocycles. The molecule has 3 nitrogen and oxygen atoms in total. The van der Waals surface area contributed by atoms with Gasteiger partial charge in [-0.3, -0.25) is 4.79 Å². The van der Waals surface area contributed by atoms with Crippen LogP contribution >= 0.6 is 0 Å². The van der Waals surface area contributed by atoms with Gasteiger partial charge in [0.25, 0.3) is 0 Å². The Kier molecular flexibility index (Phi) is 6.25. The van der Waals surface area contributed by atoms with Gasteiger partial charge in [0, 0.05) is 18.5 Å². The topological polar surface area (TPSA) is 41.1 Å². The van der Waals surface area contributed by atoms with E-state index in [1.54, 1.807) is 0 Å². The lowest BCUT2D eigenvalue weighted by Crippen LogP contribution is -2.41. The van der Waals surface area contributed by atoms with Crippen molar-refractivity contribution < 1.29 is 4.79 Å². The van der Waals surface area contributed by atoms with Crippen LogP contribution in [0, 0.1) is 0 Å². The zero-order chi connectivity index (χ0) is 11.9. The number of carbonyl (C=O) groups excluding carboxylic acids is 1. The molecule has 0 aliphatic carbocycles. The summed E-state index contributed by atoms with van der Waals surface area (Å²) in [5.74, 6) is 0.102. The van der Waals surface area contributed by atoms with Crippen molar-refractivity contribution >= 4 is 5.91 Å². The van der Waals surface area contributed by atoms with Crippen LogP contribution in [0.1, 0.15) is 40.5 Å². The van der Waals surface area contributed by atoms with Crippen LogP contribution in [-0.4, -0.2) is 24.5 Å². The van der Waals surface area contributed by atoms with Crippen LogP contribution in [0.4, 0.5) is 0 Å². The summed E-state index contributed by atoms with van der Waals surface area (Å²) in [5.41, 5.74) is 1.04. The average Bonchev–Trinajstić information content (AvgIpc) is 1.99. The van der Waals surface area contributed by atoms with E-state index in [-0.39, 0.29) is 11.4 Å². The van der Waals surface area contributed by atoms with Crippen LogP contribution in [0.2, 0.25) is 0 Å². The Morgan fingerprint density at radius 1 is 1.20 bits per heavy atom. The SMILES string of the molecule is C=C(C)CCNCCC(=O)NC(C)(C)C. The summed E-state index contributed by atoms with van der Waals surface area (Å²) in [4.78, 5) is 11.4. The maximum Gasteiger partial charge on any atom is 0.221 e. The van der Waals surface area contributed by atoms with Crippen molar-refractivity contribution in [3.05, 3.63) is 12.2 Å². The van der Waals surface area contributed by atoms with Gasteiger partial charge in [0.15, 0.2) is 0 Å². The van der Waals surface area contributed by atoms with E-state index in [0.717, 1.165) is 19.5 Å². The third-order valence-corrected chi connectivity index (χ3v) is 1.77. The highest BCUT2D eigenvalue weighted by molar-refractivity contribution is 5.76. The molecule has 15 heavy (non-hydrogen) atoms. The Bertz CT molecular complexity index is 216. The molecular weight excluding hydrogens is 188 g/mol. The van der Waals surface area contributed by atoms with Gasteiger partial charge in [0.2, 0.25) is 5.91 Å². The zero-order valence-corrected chi connectivity index (χ0v) is 10.4. The highest BCUT2D eigenvalue weighted by Crippen LogP contribution is 1.98. The summed E-state index contributed by atoms with van der Waals surface area (Å²) in [6.45, 7) is 13.4. The van der Waals surface area contributed by atoms with Gasteiger partial charge >= 0.3 is 0 Å². The molecule has 0 heterocycles. The Balaban J connectivity index is 3.44. The first kappa shape index (κ1) is 14.2. The van der Waals surface area contributed by atoms with Crippen LogP contribution in [0.15, 0.2) is 12.2 Å². The fraction of sp³-hybridized carbons (Fsp3) is 0.750. The quantitative estimate of drug-likeness (QED) is 0.521. The monoisotopic (exact) mass is 212 g/mol. The third kappa shape index (κ3) is 11.1. The van der Waals surface area contributed by atoms with E-state index in [1.807, 2.05) is 27.7 Å². The van der Waals surface area contributed by atoms with Gasteiger partial charge in [-0.15, -0.1) is 6.58 Å².